The molecule has 3 aromatic heterocycles. The molecule has 1 fully saturated rings. The summed E-state index contributed by atoms with van der Waals surface area (Å²) < 4.78 is 5.58. The summed E-state index contributed by atoms with van der Waals surface area (Å²) in [7, 11) is 0. The second-order valence-corrected chi connectivity index (χ2v) is 9.68. The second-order valence-electron chi connectivity index (χ2n) is 6.52. The van der Waals surface area contributed by atoms with Gasteiger partial charge in [-0.05, 0) is 42.3 Å². The largest absolute Gasteiger partial charge is 0.379 e. The van der Waals surface area contributed by atoms with Gasteiger partial charge in [-0.2, -0.15) is 0 Å². The minimum atomic E-state index is -0.0283. The van der Waals surface area contributed by atoms with Gasteiger partial charge >= 0.3 is 0 Å². The molecule has 1 unspecified atom stereocenters. The van der Waals surface area contributed by atoms with Gasteiger partial charge in [-0.25, -0.2) is 0 Å². The Bertz CT molecular complexity index is 894. The summed E-state index contributed by atoms with van der Waals surface area (Å²) in [5.41, 5.74) is 2.50. The summed E-state index contributed by atoms with van der Waals surface area (Å²) in [6, 6.07) is 8.23. The molecule has 4 nitrogen and oxygen atoms in total. The Morgan fingerprint density at radius 3 is 2.56 bits per heavy atom. The van der Waals surface area contributed by atoms with Crippen molar-refractivity contribution in [2.75, 3.05) is 31.6 Å². The van der Waals surface area contributed by atoms with Gasteiger partial charge in [0, 0.05) is 28.4 Å². The average molecular weight is 419 g/mol. The highest BCUT2D eigenvalue weighted by Crippen LogP contribution is 2.43. The molecule has 1 aliphatic heterocycles. The third-order valence-corrected chi connectivity index (χ3v) is 7.83. The molecule has 4 heterocycles. The van der Waals surface area contributed by atoms with Crippen LogP contribution in [0.4, 0.5) is 5.00 Å². The zero-order valence-electron chi connectivity index (χ0n) is 15.4. The van der Waals surface area contributed by atoms with Crippen LogP contribution in [-0.2, 0) is 4.74 Å². The lowest BCUT2D eigenvalue weighted by atomic mass is 10.00. The lowest BCUT2D eigenvalue weighted by molar-refractivity contribution is 0.0246. The van der Waals surface area contributed by atoms with Crippen LogP contribution < -0.4 is 5.32 Å². The Kier molecular flexibility index (Phi) is 5.75. The topological polar surface area (TPSA) is 41.6 Å². The fourth-order valence-electron chi connectivity index (χ4n) is 3.43. The molecular weight excluding hydrogens is 396 g/mol. The minimum Gasteiger partial charge on any atom is -0.379 e. The number of carbonyl (C=O) groups excluding carboxylic acids is 1. The van der Waals surface area contributed by atoms with Crippen LogP contribution >= 0.6 is 34.0 Å². The van der Waals surface area contributed by atoms with Gasteiger partial charge in [0.15, 0.2) is 0 Å². The number of amides is 1. The predicted octanol–water partition coefficient (Wildman–Crippen LogP) is 5.16. The molecule has 0 radical (unpaired) electrons. The van der Waals surface area contributed by atoms with Gasteiger partial charge < -0.3 is 10.1 Å². The maximum absolute atomic E-state index is 12.7. The third-order valence-electron chi connectivity index (χ3n) is 4.90. The van der Waals surface area contributed by atoms with Gasteiger partial charge in [0.1, 0.15) is 5.00 Å². The molecule has 1 amide bonds. The van der Waals surface area contributed by atoms with Crippen molar-refractivity contribution in [3.8, 4) is 0 Å². The Labute approximate surface area is 171 Å². The first-order chi connectivity index (χ1) is 13.1. The normalized spacial score (nSPS) is 16.4. The molecule has 0 spiro atoms. The van der Waals surface area contributed by atoms with Crippen LogP contribution in [0.5, 0.6) is 0 Å². The van der Waals surface area contributed by atoms with Gasteiger partial charge in [0.05, 0.1) is 24.1 Å². The van der Waals surface area contributed by atoms with Crippen molar-refractivity contribution in [3.63, 3.8) is 0 Å². The molecule has 1 saturated heterocycles. The monoisotopic (exact) mass is 418 g/mol. The summed E-state index contributed by atoms with van der Waals surface area (Å²) in [5, 5.41) is 8.22. The first kappa shape index (κ1) is 18.8. The van der Waals surface area contributed by atoms with E-state index in [-0.39, 0.29) is 11.9 Å². The second kappa shape index (κ2) is 8.24. The van der Waals surface area contributed by atoms with Crippen molar-refractivity contribution in [2.45, 2.75) is 19.9 Å². The van der Waals surface area contributed by atoms with Crippen LogP contribution in [0.15, 0.2) is 35.0 Å². The fourth-order valence-corrected chi connectivity index (χ4v) is 6.00. The zero-order chi connectivity index (χ0) is 18.8. The molecule has 1 N–H and O–H groups in total. The van der Waals surface area contributed by atoms with Crippen molar-refractivity contribution in [1.29, 1.82) is 0 Å². The SMILES string of the molecule is Cc1sc(NC(=O)c2cccs2)c(C(c2cccs2)N2CCOCC2)c1C. The number of aryl methyl sites for hydroxylation is 1. The number of nitrogens with one attached hydrogen (secondary N) is 1. The number of thiophene rings is 3. The maximum Gasteiger partial charge on any atom is 0.266 e. The number of morpholine rings is 1. The van der Waals surface area contributed by atoms with E-state index in [1.807, 2.05) is 17.5 Å². The van der Waals surface area contributed by atoms with E-state index in [1.165, 1.54) is 32.2 Å². The maximum atomic E-state index is 12.7. The molecular formula is C20H22N2O2S3. The van der Waals surface area contributed by atoms with Crippen molar-refractivity contribution in [3.05, 3.63) is 60.8 Å². The molecule has 0 aromatic carbocycles. The summed E-state index contributed by atoms with van der Waals surface area (Å²) in [5.74, 6) is -0.0283. The smallest absolute Gasteiger partial charge is 0.266 e. The highest BCUT2D eigenvalue weighted by Gasteiger charge is 2.31. The highest BCUT2D eigenvalue weighted by atomic mass is 32.1. The van der Waals surface area contributed by atoms with Crippen LogP contribution in [-0.4, -0.2) is 37.1 Å². The molecule has 1 atom stereocenters. The number of carbonyl (C=O) groups is 1. The number of hydrogen-bond donors (Lipinski definition) is 1. The highest BCUT2D eigenvalue weighted by molar-refractivity contribution is 7.17. The molecule has 4 rings (SSSR count). The quantitative estimate of drug-likeness (QED) is 0.622. The molecule has 27 heavy (non-hydrogen) atoms. The van der Waals surface area contributed by atoms with Gasteiger partial charge in [-0.1, -0.05) is 12.1 Å². The summed E-state index contributed by atoms with van der Waals surface area (Å²) >= 11 is 4.92. The average Bonchev–Trinajstić information content (AvgIpc) is 3.42. The van der Waals surface area contributed by atoms with Gasteiger partial charge in [-0.15, -0.1) is 34.0 Å². The molecule has 0 saturated carbocycles. The number of hydrogen-bond acceptors (Lipinski definition) is 6. The lowest BCUT2D eigenvalue weighted by Crippen LogP contribution is -2.39. The Hall–Kier alpha value is -1.51. The number of anilines is 1. The van der Waals surface area contributed by atoms with E-state index in [1.54, 1.807) is 22.7 Å². The van der Waals surface area contributed by atoms with E-state index in [9.17, 15) is 4.79 Å². The van der Waals surface area contributed by atoms with E-state index in [0.717, 1.165) is 36.2 Å². The Morgan fingerprint density at radius 1 is 1.15 bits per heavy atom. The zero-order valence-corrected chi connectivity index (χ0v) is 17.8. The van der Waals surface area contributed by atoms with Crippen molar-refractivity contribution in [1.82, 2.24) is 4.90 Å². The van der Waals surface area contributed by atoms with Gasteiger partial charge in [0.25, 0.3) is 5.91 Å². The van der Waals surface area contributed by atoms with Gasteiger partial charge in [-0.3, -0.25) is 9.69 Å². The predicted molar refractivity (Wildman–Crippen MR) is 115 cm³/mol. The number of ether oxygens (including phenoxy) is 1. The number of nitrogens with zero attached hydrogens (tertiary/aromatic N) is 1. The minimum absolute atomic E-state index is 0.0283. The van der Waals surface area contributed by atoms with E-state index in [4.69, 9.17) is 4.74 Å². The number of rotatable bonds is 5. The summed E-state index contributed by atoms with van der Waals surface area (Å²) in [6.45, 7) is 7.60. The van der Waals surface area contributed by atoms with E-state index < -0.39 is 0 Å². The molecule has 0 aliphatic carbocycles. The first-order valence-corrected chi connectivity index (χ1v) is 11.5. The summed E-state index contributed by atoms with van der Waals surface area (Å²) in [4.78, 5) is 18.5. The van der Waals surface area contributed by atoms with E-state index >= 15 is 0 Å². The van der Waals surface area contributed by atoms with E-state index in [2.05, 4.69) is 41.6 Å². The van der Waals surface area contributed by atoms with Crippen LogP contribution in [0, 0.1) is 13.8 Å². The van der Waals surface area contributed by atoms with Crippen molar-refractivity contribution in [2.24, 2.45) is 0 Å². The Balaban J connectivity index is 1.74. The molecule has 0 bridgehead atoms. The molecule has 3 aromatic rings. The Morgan fingerprint density at radius 2 is 1.89 bits per heavy atom. The first-order valence-electron chi connectivity index (χ1n) is 8.95. The van der Waals surface area contributed by atoms with E-state index in [0.29, 0.717) is 0 Å². The molecule has 142 valence electrons. The third kappa shape index (κ3) is 3.88. The van der Waals surface area contributed by atoms with Crippen molar-refractivity contribution >= 4 is 44.9 Å². The van der Waals surface area contributed by atoms with Crippen LogP contribution in [0.3, 0.4) is 0 Å². The van der Waals surface area contributed by atoms with Crippen LogP contribution in [0.25, 0.3) is 0 Å². The van der Waals surface area contributed by atoms with Crippen LogP contribution in [0.2, 0.25) is 0 Å². The van der Waals surface area contributed by atoms with Gasteiger partial charge in [0.2, 0.25) is 0 Å². The standard InChI is InChI=1S/C20H22N2O2S3/c1-13-14(2)27-20(21-19(23)16-6-4-12-26-16)17(13)18(15-5-3-11-25-15)22-7-9-24-10-8-22/h3-6,11-12,18H,7-10H2,1-2H3,(H,21,23). The molecule has 7 heteroatoms. The lowest BCUT2D eigenvalue weighted by Gasteiger charge is -2.35. The summed E-state index contributed by atoms with van der Waals surface area (Å²) in [6.07, 6.45) is 0. The van der Waals surface area contributed by atoms with Crippen LogP contribution in [0.1, 0.15) is 36.6 Å². The van der Waals surface area contributed by atoms with Crippen molar-refractivity contribution < 1.29 is 9.53 Å². The fraction of sp³-hybridized carbons (Fsp3) is 0.350. The molecule has 1 aliphatic rings.